The van der Waals surface area contributed by atoms with Crippen molar-refractivity contribution in [1.82, 2.24) is 5.16 Å². The van der Waals surface area contributed by atoms with E-state index in [1.807, 2.05) is 23.6 Å². The van der Waals surface area contributed by atoms with Crippen molar-refractivity contribution in [2.75, 3.05) is 5.73 Å². The summed E-state index contributed by atoms with van der Waals surface area (Å²) in [6.45, 7) is 0. The zero-order valence-electron chi connectivity index (χ0n) is 9.56. The number of benzene rings is 1. The molecule has 19 heavy (non-hydrogen) atoms. The molecule has 0 saturated carbocycles. The Morgan fingerprint density at radius 1 is 1.16 bits per heavy atom. The van der Waals surface area contributed by atoms with Gasteiger partial charge in [0.05, 0.1) is 20.5 Å². The standard InChI is InChI=1S/C13H8Cl2N2OS/c14-8-4-3-7(6-9(8)15)11-12(18-17-13(11)16)10-2-1-5-19-10/h1-6H,(H2,16,17). The molecule has 0 radical (unpaired) electrons. The molecule has 0 spiro atoms. The number of anilines is 1. The molecule has 0 saturated heterocycles. The number of nitrogens with zero attached hydrogens (tertiary/aromatic N) is 1. The molecular weight excluding hydrogens is 303 g/mol. The van der Waals surface area contributed by atoms with Crippen LogP contribution in [0.3, 0.4) is 0 Å². The van der Waals surface area contributed by atoms with E-state index in [4.69, 9.17) is 33.5 Å². The van der Waals surface area contributed by atoms with Crippen LogP contribution in [0.5, 0.6) is 0 Å². The highest BCUT2D eigenvalue weighted by molar-refractivity contribution is 7.13. The van der Waals surface area contributed by atoms with Gasteiger partial charge >= 0.3 is 0 Å². The lowest BCUT2D eigenvalue weighted by atomic mass is 10.1. The van der Waals surface area contributed by atoms with Gasteiger partial charge < -0.3 is 10.3 Å². The Hall–Kier alpha value is -1.49. The van der Waals surface area contributed by atoms with E-state index in [0.717, 1.165) is 16.0 Å². The molecule has 0 atom stereocenters. The van der Waals surface area contributed by atoms with Crippen LogP contribution >= 0.6 is 34.5 Å². The number of rotatable bonds is 2. The fraction of sp³-hybridized carbons (Fsp3) is 0. The molecule has 0 amide bonds. The van der Waals surface area contributed by atoms with Crippen molar-refractivity contribution >= 4 is 40.4 Å². The molecule has 0 fully saturated rings. The monoisotopic (exact) mass is 310 g/mol. The Morgan fingerprint density at radius 3 is 2.68 bits per heavy atom. The first-order valence-electron chi connectivity index (χ1n) is 5.41. The van der Waals surface area contributed by atoms with Crippen LogP contribution in [0.1, 0.15) is 0 Å². The molecule has 3 nitrogen and oxygen atoms in total. The molecule has 2 N–H and O–H groups in total. The van der Waals surface area contributed by atoms with E-state index in [1.54, 1.807) is 23.5 Å². The summed E-state index contributed by atoms with van der Waals surface area (Å²) in [5, 5.41) is 6.77. The summed E-state index contributed by atoms with van der Waals surface area (Å²) in [7, 11) is 0. The van der Waals surface area contributed by atoms with Gasteiger partial charge in [-0.1, -0.05) is 40.5 Å². The lowest BCUT2D eigenvalue weighted by Gasteiger charge is -2.03. The molecule has 6 heteroatoms. The molecular formula is C13H8Cl2N2OS. The lowest BCUT2D eigenvalue weighted by Crippen LogP contribution is -1.88. The van der Waals surface area contributed by atoms with Crippen LogP contribution in [-0.4, -0.2) is 5.16 Å². The van der Waals surface area contributed by atoms with Gasteiger partial charge in [0.15, 0.2) is 11.6 Å². The van der Waals surface area contributed by atoms with Gasteiger partial charge in [0.2, 0.25) is 0 Å². The van der Waals surface area contributed by atoms with Crippen molar-refractivity contribution in [2.45, 2.75) is 0 Å². The highest BCUT2D eigenvalue weighted by Crippen LogP contribution is 2.40. The largest absolute Gasteiger partial charge is 0.380 e. The van der Waals surface area contributed by atoms with Crippen molar-refractivity contribution in [3.8, 4) is 21.8 Å². The Labute approximate surface area is 123 Å². The fourth-order valence-electron chi connectivity index (χ4n) is 1.81. The van der Waals surface area contributed by atoms with Crippen LogP contribution in [0.2, 0.25) is 10.0 Å². The number of aromatic nitrogens is 1. The summed E-state index contributed by atoms with van der Waals surface area (Å²) in [4.78, 5) is 0.963. The minimum absolute atomic E-state index is 0.335. The Bertz CT molecular complexity index is 722. The lowest BCUT2D eigenvalue weighted by molar-refractivity contribution is 0.437. The summed E-state index contributed by atoms with van der Waals surface area (Å²) < 4.78 is 5.32. The second kappa shape index (κ2) is 4.89. The van der Waals surface area contributed by atoms with Crippen LogP contribution in [0.15, 0.2) is 40.2 Å². The van der Waals surface area contributed by atoms with E-state index in [-0.39, 0.29) is 0 Å². The third kappa shape index (κ3) is 2.23. The molecule has 0 unspecified atom stereocenters. The SMILES string of the molecule is Nc1noc(-c2cccs2)c1-c1ccc(Cl)c(Cl)c1. The third-order valence-electron chi connectivity index (χ3n) is 2.67. The third-order valence-corrected chi connectivity index (χ3v) is 4.28. The molecule has 96 valence electrons. The first kappa shape index (κ1) is 12.5. The maximum absolute atomic E-state index is 6.04. The minimum Gasteiger partial charge on any atom is -0.380 e. The predicted octanol–water partition coefficient (Wildman–Crippen LogP) is 4.96. The van der Waals surface area contributed by atoms with Crippen LogP contribution in [0.25, 0.3) is 21.8 Å². The number of thiophene rings is 1. The van der Waals surface area contributed by atoms with E-state index < -0.39 is 0 Å². The number of hydrogen-bond donors (Lipinski definition) is 1. The quantitative estimate of drug-likeness (QED) is 0.728. The molecule has 1 aromatic carbocycles. The summed E-state index contributed by atoms with van der Waals surface area (Å²) in [5.41, 5.74) is 7.46. The molecule has 2 aromatic heterocycles. The van der Waals surface area contributed by atoms with Gasteiger partial charge in [0.1, 0.15) is 0 Å². The summed E-state index contributed by atoms with van der Waals surface area (Å²) in [6.07, 6.45) is 0. The first-order chi connectivity index (χ1) is 9.16. The van der Waals surface area contributed by atoms with E-state index in [2.05, 4.69) is 5.16 Å². The fourth-order valence-corrected chi connectivity index (χ4v) is 2.81. The number of hydrogen-bond acceptors (Lipinski definition) is 4. The van der Waals surface area contributed by atoms with E-state index >= 15 is 0 Å². The number of nitrogen functional groups attached to an aromatic ring is 1. The van der Waals surface area contributed by atoms with Gasteiger partial charge in [0, 0.05) is 0 Å². The molecule has 2 heterocycles. The second-order valence-corrected chi connectivity index (χ2v) is 5.64. The Morgan fingerprint density at radius 2 is 2.00 bits per heavy atom. The van der Waals surface area contributed by atoms with Crippen LogP contribution in [-0.2, 0) is 0 Å². The minimum atomic E-state index is 0.335. The van der Waals surface area contributed by atoms with Gasteiger partial charge in [-0.05, 0) is 29.1 Å². The Kier molecular flexibility index (Phi) is 3.22. The van der Waals surface area contributed by atoms with Crippen molar-refractivity contribution in [1.29, 1.82) is 0 Å². The Balaban J connectivity index is 2.19. The number of halogens is 2. The molecule has 0 aliphatic heterocycles. The summed E-state index contributed by atoms with van der Waals surface area (Å²) in [5.74, 6) is 0.979. The zero-order valence-corrected chi connectivity index (χ0v) is 11.9. The van der Waals surface area contributed by atoms with Crippen molar-refractivity contribution < 1.29 is 4.52 Å². The number of nitrogens with two attached hydrogens (primary N) is 1. The van der Waals surface area contributed by atoms with E-state index in [0.29, 0.717) is 21.6 Å². The normalized spacial score (nSPS) is 10.8. The van der Waals surface area contributed by atoms with Gasteiger partial charge in [-0.3, -0.25) is 0 Å². The average molecular weight is 311 g/mol. The van der Waals surface area contributed by atoms with Crippen LogP contribution in [0.4, 0.5) is 5.82 Å². The maximum atomic E-state index is 6.04. The molecule has 0 aliphatic rings. The molecule has 3 rings (SSSR count). The molecule has 3 aromatic rings. The van der Waals surface area contributed by atoms with Crippen molar-refractivity contribution in [3.63, 3.8) is 0 Å². The average Bonchev–Trinajstić information content (AvgIpc) is 3.01. The second-order valence-electron chi connectivity index (χ2n) is 3.88. The van der Waals surface area contributed by atoms with E-state index in [1.165, 1.54) is 0 Å². The van der Waals surface area contributed by atoms with E-state index in [9.17, 15) is 0 Å². The summed E-state index contributed by atoms with van der Waals surface area (Å²) in [6, 6.07) is 9.21. The van der Waals surface area contributed by atoms with Crippen LogP contribution in [0, 0.1) is 0 Å². The zero-order chi connectivity index (χ0) is 13.4. The van der Waals surface area contributed by atoms with Gasteiger partial charge in [-0.15, -0.1) is 11.3 Å². The van der Waals surface area contributed by atoms with Gasteiger partial charge in [-0.2, -0.15) is 0 Å². The first-order valence-corrected chi connectivity index (χ1v) is 7.05. The summed E-state index contributed by atoms with van der Waals surface area (Å²) >= 11 is 13.5. The molecule has 0 bridgehead atoms. The highest BCUT2D eigenvalue weighted by Gasteiger charge is 2.18. The van der Waals surface area contributed by atoms with Gasteiger partial charge in [0.25, 0.3) is 0 Å². The predicted molar refractivity (Wildman–Crippen MR) is 79.7 cm³/mol. The topological polar surface area (TPSA) is 52.0 Å². The van der Waals surface area contributed by atoms with Crippen LogP contribution < -0.4 is 5.73 Å². The van der Waals surface area contributed by atoms with Crippen molar-refractivity contribution in [2.24, 2.45) is 0 Å². The smallest absolute Gasteiger partial charge is 0.186 e. The molecule has 0 aliphatic carbocycles. The maximum Gasteiger partial charge on any atom is 0.186 e. The highest BCUT2D eigenvalue weighted by atomic mass is 35.5. The van der Waals surface area contributed by atoms with Gasteiger partial charge in [-0.25, -0.2) is 0 Å². The van der Waals surface area contributed by atoms with Crippen molar-refractivity contribution in [3.05, 3.63) is 45.8 Å².